The molecule has 1 aromatic rings. The van der Waals surface area contributed by atoms with Gasteiger partial charge < -0.3 is 4.52 Å². The topological polar surface area (TPSA) is 101 Å². The van der Waals surface area contributed by atoms with E-state index in [1.54, 1.807) is 6.92 Å². The largest absolute Gasteiger partial charge is 0.360 e. The number of aryl methyl sites for hydroxylation is 2. The summed E-state index contributed by atoms with van der Waals surface area (Å²) in [6, 6.07) is 0. The molecule has 0 atom stereocenters. The molecule has 0 spiro atoms. The van der Waals surface area contributed by atoms with E-state index in [2.05, 4.69) is 15.4 Å². The molecule has 4 saturated carbocycles. The Morgan fingerprint density at radius 1 is 1.12 bits per heavy atom. The average molecular weight is 353 g/mol. The Kier molecular flexibility index (Phi) is 3.55. The molecule has 4 aliphatic carbocycles. The third-order valence-electron chi connectivity index (χ3n) is 6.06. The number of rotatable bonds is 4. The molecule has 5 rings (SSSR count). The van der Waals surface area contributed by atoms with Crippen molar-refractivity contribution in [3.8, 4) is 0 Å². The molecule has 4 aliphatic rings. The first kappa shape index (κ1) is 16.1. The van der Waals surface area contributed by atoms with Crippen LogP contribution in [0.3, 0.4) is 0 Å². The zero-order valence-electron chi connectivity index (χ0n) is 14.0. The molecular weight excluding hydrogens is 330 g/mol. The van der Waals surface area contributed by atoms with Crippen molar-refractivity contribution in [2.45, 2.75) is 57.3 Å². The Labute approximate surface area is 141 Å². The van der Waals surface area contributed by atoms with Crippen molar-refractivity contribution < 1.29 is 17.7 Å². The molecule has 132 valence electrons. The summed E-state index contributed by atoms with van der Waals surface area (Å²) in [5.74, 6) is 1.91. The first-order chi connectivity index (χ1) is 11.3. The van der Waals surface area contributed by atoms with Crippen molar-refractivity contribution in [1.29, 1.82) is 0 Å². The van der Waals surface area contributed by atoms with Crippen LogP contribution < -0.4 is 10.3 Å². The second kappa shape index (κ2) is 5.29. The summed E-state index contributed by atoms with van der Waals surface area (Å²) in [5, 5.41) is 3.66. The standard InChI is InChI=1S/C16H23N3O4S/c1-9-14(10(2)23-18-9)24(21,22)19-17-15(20)16-6-11-3-12(7-16)5-13(4-11)8-16/h11-13,19H,3-8H2,1-2H3,(H,17,20). The van der Waals surface area contributed by atoms with E-state index in [9.17, 15) is 13.2 Å². The van der Waals surface area contributed by atoms with Gasteiger partial charge in [-0.1, -0.05) is 5.16 Å². The summed E-state index contributed by atoms with van der Waals surface area (Å²) in [6.45, 7) is 3.10. The number of sulfonamides is 1. The van der Waals surface area contributed by atoms with E-state index in [-0.39, 0.29) is 22.3 Å². The fourth-order valence-corrected chi connectivity index (χ4v) is 6.72. The number of carbonyl (C=O) groups excluding carboxylic acids is 1. The molecule has 4 fully saturated rings. The van der Waals surface area contributed by atoms with Crippen LogP contribution in [-0.4, -0.2) is 19.5 Å². The lowest BCUT2D eigenvalue weighted by Gasteiger charge is -2.55. The van der Waals surface area contributed by atoms with Gasteiger partial charge in [0.2, 0.25) is 5.91 Å². The Bertz CT molecular complexity index is 728. The highest BCUT2D eigenvalue weighted by Crippen LogP contribution is 2.60. The van der Waals surface area contributed by atoms with Crippen molar-refractivity contribution in [1.82, 2.24) is 15.4 Å². The highest BCUT2D eigenvalue weighted by Gasteiger charge is 2.54. The van der Waals surface area contributed by atoms with Gasteiger partial charge in [-0.05, 0) is 70.1 Å². The summed E-state index contributed by atoms with van der Waals surface area (Å²) in [7, 11) is -3.88. The number of hydrogen-bond donors (Lipinski definition) is 2. The normalized spacial score (nSPS) is 34.5. The van der Waals surface area contributed by atoms with Gasteiger partial charge in [-0.2, -0.15) is 0 Å². The molecule has 0 aromatic carbocycles. The van der Waals surface area contributed by atoms with Gasteiger partial charge in [0.25, 0.3) is 10.0 Å². The summed E-state index contributed by atoms with van der Waals surface area (Å²) >= 11 is 0. The maximum absolute atomic E-state index is 12.8. The molecule has 0 saturated heterocycles. The molecular formula is C16H23N3O4S. The van der Waals surface area contributed by atoms with E-state index in [0.717, 1.165) is 19.3 Å². The van der Waals surface area contributed by atoms with Gasteiger partial charge in [-0.15, -0.1) is 4.83 Å². The lowest BCUT2D eigenvalue weighted by molar-refractivity contribution is -0.146. The molecule has 2 N–H and O–H groups in total. The minimum absolute atomic E-state index is 0.00619. The number of nitrogens with zero attached hydrogens (tertiary/aromatic N) is 1. The zero-order valence-corrected chi connectivity index (χ0v) is 14.8. The van der Waals surface area contributed by atoms with Gasteiger partial charge in [-0.3, -0.25) is 10.2 Å². The highest BCUT2D eigenvalue weighted by molar-refractivity contribution is 7.89. The van der Waals surface area contributed by atoms with Crippen LogP contribution in [0.5, 0.6) is 0 Å². The van der Waals surface area contributed by atoms with Gasteiger partial charge in [-0.25, -0.2) is 8.42 Å². The number of hydrogen-bond acceptors (Lipinski definition) is 5. The molecule has 24 heavy (non-hydrogen) atoms. The first-order valence-electron chi connectivity index (χ1n) is 8.54. The monoisotopic (exact) mass is 353 g/mol. The van der Waals surface area contributed by atoms with Crippen molar-refractivity contribution in [3.63, 3.8) is 0 Å². The second-order valence-electron chi connectivity index (χ2n) is 7.91. The van der Waals surface area contributed by atoms with Crippen LogP contribution in [0.1, 0.15) is 50.0 Å². The highest BCUT2D eigenvalue weighted by atomic mass is 32.2. The molecule has 1 amide bonds. The Morgan fingerprint density at radius 3 is 2.12 bits per heavy atom. The summed E-state index contributed by atoms with van der Waals surface area (Å²) in [5.41, 5.74) is 2.37. The second-order valence-corrected chi connectivity index (χ2v) is 9.53. The van der Waals surface area contributed by atoms with E-state index >= 15 is 0 Å². The third kappa shape index (κ3) is 2.47. The number of aromatic nitrogens is 1. The van der Waals surface area contributed by atoms with E-state index in [1.807, 2.05) is 0 Å². The summed E-state index contributed by atoms with van der Waals surface area (Å²) in [4.78, 5) is 15.0. The predicted molar refractivity (Wildman–Crippen MR) is 85.0 cm³/mol. The van der Waals surface area contributed by atoms with Crippen LogP contribution >= 0.6 is 0 Å². The molecule has 8 heteroatoms. The maximum Gasteiger partial charge on any atom is 0.262 e. The number of nitrogens with one attached hydrogen (secondary N) is 2. The lowest BCUT2D eigenvalue weighted by atomic mass is 9.49. The molecule has 1 aromatic heterocycles. The smallest absolute Gasteiger partial charge is 0.262 e. The summed E-state index contributed by atoms with van der Waals surface area (Å²) < 4.78 is 29.8. The van der Waals surface area contributed by atoms with Gasteiger partial charge in [0, 0.05) is 0 Å². The predicted octanol–water partition coefficient (Wildman–Crippen LogP) is 1.82. The molecule has 0 unspecified atom stereocenters. The molecule has 0 aliphatic heterocycles. The van der Waals surface area contributed by atoms with Gasteiger partial charge in [0.1, 0.15) is 10.6 Å². The van der Waals surface area contributed by atoms with E-state index < -0.39 is 15.4 Å². The Hall–Kier alpha value is -1.41. The van der Waals surface area contributed by atoms with Crippen molar-refractivity contribution >= 4 is 15.9 Å². The van der Waals surface area contributed by atoms with Gasteiger partial charge in [0.05, 0.1) is 5.41 Å². The van der Waals surface area contributed by atoms with Crippen molar-refractivity contribution in [3.05, 3.63) is 11.5 Å². The number of carbonyl (C=O) groups is 1. The quantitative estimate of drug-likeness (QED) is 0.804. The molecule has 1 heterocycles. The number of amides is 1. The maximum atomic E-state index is 12.8. The van der Waals surface area contributed by atoms with Crippen LogP contribution in [0.15, 0.2) is 9.42 Å². The molecule has 7 nitrogen and oxygen atoms in total. The fourth-order valence-electron chi connectivity index (χ4n) is 5.54. The van der Waals surface area contributed by atoms with Crippen LogP contribution in [0.25, 0.3) is 0 Å². The first-order valence-corrected chi connectivity index (χ1v) is 10.0. The molecule has 0 radical (unpaired) electrons. The Morgan fingerprint density at radius 2 is 1.67 bits per heavy atom. The minimum atomic E-state index is -3.88. The van der Waals surface area contributed by atoms with Crippen LogP contribution in [0.4, 0.5) is 0 Å². The molecule has 4 bridgehead atoms. The minimum Gasteiger partial charge on any atom is -0.360 e. The van der Waals surface area contributed by atoms with Crippen molar-refractivity contribution in [2.75, 3.05) is 0 Å². The lowest BCUT2D eigenvalue weighted by Crippen LogP contribution is -2.56. The van der Waals surface area contributed by atoms with Crippen molar-refractivity contribution in [2.24, 2.45) is 23.2 Å². The van der Waals surface area contributed by atoms with Gasteiger partial charge in [0.15, 0.2) is 5.76 Å². The van der Waals surface area contributed by atoms with E-state index in [0.29, 0.717) is 17.8 Å². The number of hydrazine groups is 1. The SMILES string of the molecule is Cc1noc(C)c1S(=O)(=O)NNC(=O)C12CC3CC(CC(C3)C1)C2. The van der Waals surface area contributed by atoms with Gasteiger partial charge >= 0.3 is 0 Å². The van der Waals surface area contributed by atoms with Crippen LogP contribution in [0.2, 0.25) is 0 Å². The third-order valence-corrected chi connectivity index (χ3v) is 7.55. The van der Waals surface area contributed by atoms with E-state index in [4.69, 9.17) is 4.52 Å². The van der Waals surface area contributed by atoms with Crippen LogP contribution in [0, 0.1) is 37.0 Å². The zero-order chi connectivity index (χ0) is 17.1. The average Bonchev–Trinajstić information content (AvgIpc) is 2.83. The van der Waals surface area contributed by atoms with E-state index in [1.165, 1.54) is 26.2 Å². The summed E-state index contributed by atoms with van der Waals surface area (Å²) in [6.07, 6.45) is 6.36. The van der Waals surface area contributed by atoms with Crippen LogP contribution in [-0.2, 0) is 14.8 Å². The fraction of sp³-hybridized carbons (Fsp3) is 0.750. The Balaban J connectivity index is 1.49.